The number of hydrogen-bond acceptors (Lipinski definition) is 4. The first-order chi connectivity index (χ1) is 18.6. The molecular formula is C30H36ClN3O4S. The molecule has 39 heavy (non-hydrogen) atoms. The van der Waals surface area contributed by atoms with E-state index in [1.54, 1.807) is 36.4 Å². The molecule has 3 rings (SSSR count). The highest BCUT2D eigenvalue weighted by Crippen LogP contribution is 2.28. The number of hydrogen-bond donors (Lipinski definition) is 1. The normalized spacial score (nSPS) is 12.0. The van der Waals surface area contributed by atoms with Gasteiger partial charge in [-0.1, -0.05) is 79.5 Å². The van der Waals surface area contributed by atoms with Gasteiger partial charge in [0.05, 0.1) is 10.6 Å². The van der Waals surface area contributed by atoms with Gasteiger partial charge >= 0.3 is 0 Å². The zero-order valence-electron chi connectivity index (χ0n) is 22.9. The van der Waals surface area contributed by atoms with Crippen LogP contribution in [0.25, 0.3) is 0 Å². The largest absolute Gasteiger partial charge is 0.354 e. The number of carbonyl (C=O) groups is 2. The van der Waals surface area contributed by atoms with Crippen molar-refractivity contribution in [2.24, 2.45) is 0 Å². The molecule has 0 unspecified atom stereocenters. The zero-order chi connectivity index (χ0) is 28.6. The van der Waals surface area contributed by atoms with Gasteiger partial charge in [-0.3, -0.25) is 13.9 Å². The Morgan fingerprint density at radius 1 is 0.949 bits per heavy atom. The molecule has 0 aliphatic rings. The summed E-state index contributed by atoms with van der Waals surface area (Å²) in [7, 11) is -4.13. The summed E-state index contributed by atoms with van der Waals surface area (Å²) < 4.78 is 28.7. The van der Waals surface area contributed by atoms with E-state index in [0.29, 0.717) is 18.0 Å². The van der Waals surface area contributed by atoms with Crippen LogP contribution in [0, 0.1) is 13.8 Å². The number of aryl methyl sites for hydroxylation is 2. The van der Waals surface area contributed by atoms with Crippen molar-refractivity contribution in [1.82, 2.24) is 10.2 Å². The molecule has 0 fully saturated rings. The Morgan fingerprint density at radius 3 is 2.28 bits per heavy atom. The first kappa shape index (κ1) is 30.2. The van der Waals surface area contributed by atoms with Crippen LogP contribution in [0.3, 0.4) is 0 Å². The van der Waals surface area contributed by atoms with Crippen molar-refractivity contribution in [2.45, 2.75) is 58.0 Å². The zero-order valence-corrected chi connectivity index (χ0v) is 24.4. The summed E-state index contributed by atoms with van der Waals surface area (Å²) in [5.41, 5.74) is 2.91. The number of sulfonamides is 1. The van der Waals surface area contributed by atoms with E-state index < -0.39 is 28.5 Å². The summed E-state index contributed by atoms with van der Waals surface area (Å²) >= 11 is 6.37. The number of nitrogens with zero attached hydrogens (tertiary/aromatic N) is 2. The molecule has 9 heteroatoms. The fourth-order valence-electron chi connectivity index (χ4n) is 4.28. The highest BCUT2D eigenvalue weighted by atomic mass is 35.5. The monoisotopic (exact) mass is 569 g/mol. The van der Waals surface area contributed by atoms with Crippen molar-refractivity contribution in [1.29, 1.82) is 0 Å². The second-order valence-electron chi connectivity index (χ2n) is 9.48. The quantitative estimate of drug-likeness (QED) is 0.313. The molecule has 0 spiro atoms. The van der Waals surface area contributed by atoms with Crippen molar-refractivity contribution in [3.05, 3.63) is 94.5 Å². The maximum atomic E-state index is 14.0. The average Bonchev–Trinajstić information content (AvgIpc) is 2.92. The molecule has 1 atom stereocenters. The molecule has 0 aromatic heterocycles. The Bertz CT molecular complexity index is 1400. The number of carbonyl (C=O) groups excluding carboxylic acids is 2. The highest BCUT2D eigenvalue weighted by molar-refractivity contribution is 7.92. The lowest BCUT2D eigenvalue weighted by molar-refractivity contribution is -0.140. The molecule has 0 saturated carbocycles. The summed E-state index contributed by atoms with van der Waals surface area (Å²) in [5, 5.41) is 3.27. The van der Waals surface area contributed by atoms with Crippen molar-refractivity contribution in [3.63, 3.8) is 0 Å². The van der Waals surface area contributed by atoms with E-state index >= 15 is 0 Å². The van der Waals surface area contributed by atoms with Crippen LogP contribution in [0.4, 0.5) is 5.69 Å². The molecule has 0 heterocycles. The Hall–Kier alpha value is -3.36. The van der Waals surface area contributed by atoms with Crippen LogP contribution in [0.15, 0.2) is 77.7 Å². The van der Waals surface area contributed by atoms with Gasteiger partial charge in [0, 0.05) is 18.1 Å². The average molecular weight is 570 g/mol. The van der Waals surface area contributed by atoms with Gasteiger partial charge in [-0.15, -0.1) is 0 Å². The third-order valence-corrected chi connectivity index (χ3v) is 8.62. The van der Waals surface area contributed by atoms with Crippen LogP contribution in [-0.4, -0.2) is 44.3 Å². The van der Waals surface area contributed by atoms with Crippen molar-refractivity contribution in [2.75, 3.05) is 17.4 Å². The molecule has 2 amide bonds. The van der Waals surface area contributed by atoms with Crippen molar-refractivity contribution < 1.29 is 18.0 Å². The van der Waals surface area contributed by atoms with Crippen LogP contribution < -0.4 is 9.62 Å². The highest BCUT2D eigenvalue weighted by Gasteiger charge is 2.33. The maximum Gasteiger partial charge on any atom is 0.264 e. The summed E-state index contributed by atoms with van der Waals surface area (Å²) in [5.74, 6) is -0.762. The number of anilines is 1. The predicted molar refractivity (Wildman–Crippen MR) is 156 cm³/mol. The lowest BCUT2D eigenvalue weighted by atomic mass is 10.1. The SMILES string of the molecule is CCCNC(=O)[C@@H](CC)N(Cc1cccc(C)c1)C(=O)CN(c1ccc(C)c(Cl)c1)S(=O)(=O)c1ccccc1. The van der Waals surface area contributed by atoms with Gasteiger partial charge < -0.3 is 10.2 Å². The fourth-order valence-corrected chi connectivity index (χ4v) is 5.88. The van der Waals surface area contributed by atoms with Gasteiger partial charge in [0.2, 0.25) is 11.8 Å². The van der Waals surface area contributed by atoms with E-state index in [2.05, 4.69) is 5.32 Å². The minimum absolute atomic E-state index is 0.0486. The molecule has 3 aromatic rings. The number of nitrogens with one attached hydrogen (secondary N) is 1. The molecular weight excluding hydrogens is 534 g/mol. The molecule has 208 valence electrons. The Kier molecular flexibility index (Phi) is 10.5. The van der Waals surface area contributed by atoms with Gasteiger partial charge in [-0.25, -0.2) is 8.42 Å². The van der Waals surface area contributed by atoms with E-state index in [9.17, 15) is 18.0 Å². The van der Waals surface area contributed by atoms with Crippen LogP contribution in [0.2, 0.25) is 5.02 Å². The third-order valence-electron chi connectivity index (χ3n) is 6.42. The predicted octanol–water partition coefficient (Wildman–Crippen LogP) is 5.49. The smallest absolute Gasteiger partial charge is 0.264 e. The first-order valence-corrected chi connectivity index (χ1v) is 14.9. The van der Waals surface area contributed by atoms with E-state index in [4.69, 9.17) is 11.6 Å². The molecule has 0 saturated heterocycles. The summed E-state index contributed by atoms with van der Waals surface area (Å²) in [6, 6.07) is 19.8. The second kappa shape index (κ2) is 13.6. The number of amides is 2. The standard InChI is InChI=1S/C30H36ClN3O4S/c1-5-17-32-30(36)28(6-2)33(20-24-12-10-11-22(3)18-24)29(35)21-34(25-16-15-23(4)27(31)19-25)39(37,38)26-13-8-7-9-14-26/h7-16,18-19,28H,5-6,17,20-21H2,1-4H3,(H,32,36)/t28-/m1/s1. The van der Waals surface area contributed by atoms with Gasteiger partial charge in [-0.05, 0) is 62.1 Å². The third kappa shape index (κ3) is 7.61. The van der Waals surface area contributed by atoms with E-state index in [-0.39, 0.29) is 23.0 Å². The lowest BCUT2D eigenvalue weighted by Gasteiger charge is -2.33. The number of halogens is 1. The van der Waals surface area contributed by atoms with Crippen LogP contribution in [-0.2, 0) is 26.2 Å². The molecule has 7 nitrogen and oxygen atoms in total. The van der Waals surface area contributed by atoms with E-state index in [0.717, 1.165) is 27.4 Å². The molecule has 3 aromatic carbocycles. The van der Waals surface area contributed by atoms with E-state index in [1.165, 1.54) is 17.0 Å². The fraction of sp³-hybridized carbons (Fsp3) is 0.333. The molecule has 0 aliphatic carbocycles. The van der Waals surface area contributed by atoms with Gasteiger partial charge in [0.15, 0.2) is 0 Å². The van der Waals surface area contributed by atoms with Crippen molar-refractivity contribution >= 4 is 39.1 Å². The Morgan fingerprint density at radius 2 is 1.67 bits per heavy atom. The Labute approximate surface area is 236 Å². The van der Waals surface area contributed by atoms with Gasteiger partial charge in [0.25, 0.3) is 10.0 Å². The molecule has 0 radical (unpaired) electrons. The minimum Gasteiger partial charge on any atom is -0.354 e. The van der Waals surface area contributed by atoms with E-state index in [1.807, 2.05) is 52.0 Å². The summed E-state index contributed by atoms with van der Waals surface area (Å²) in [6.45, 7) is 7.71. The molecule has 1 N–H and O–H groups in total. The first-order valence-electron chi connectivity index (χ1n) is 13.0. The van der Waals surface area contributed by atoms with Gasteiger partial charge in [-0.2, -0.15) is 0 Å². The van der Waals surface area contributed by atoms with Gasteiger partial charge in [0.1, 0.15) is 12.6 Å². The number of rotatable bonds is 12. The maximum absolute atomic E-state index is 14.0. The topological polar surface area (TPSA) is 86.8 Å². The molecule has 0 aliphatic heterocycles. The Balaban J connectivity index is 2.06. The van der Waals surface area contributed by atoms with Crippen LogP contribution in [0.1, 0.15) is 43.4 Å². The summed E-state index contributed by atoms with van der Waals surface area (Å²) in [6.07, 6.45) is 1.13. The second-order valence-corrected chi connectivity index (χ2v) is 11.8. The summed E-state index contributed by atoms with van der Waals surface area (Å²) in [4.78, 5) is 28.7. The van der Waals surface area contributed by atoms with Crippen LogP contribution in [0.5, 0.6) is 0 Å². The van der Waals surface area contributed by atoms with Crippen LogP contribution >= 0.6 is 11.6 Å². The van der Waals surface area contributed by atoms with Crippen molar-refractivity contribution in [3.8, 4) is 0 Å². The lowest BCUT2D eigenvalue weighted by Crippen LogP contribution is -2.52. The number of benzene rings is 3. The molecule has 0 bridgehead atoms. The minimum atomic E-state index is -4.13.